The lowest BCUT2D eigenvalue weighted by molar-refractivity contribution is 0.414. The van der Waals surface area contributed by atoms with Gasteiger partial charge in [0.25, 0.3) is 0 Å². The number of methoxy groups -OCH3 is 1. The molecule has 0 saturated heterocycles. The molecule has 0 atom stereocenters. The summed E-state index contributed by atoms with van der Waals surface area (Å²) < 4.78 is 5.18. The Hall–Kier alpha value is -2.26. The lowest BCUT2D eigenvalue weighted by Gasteiger charge is -2.11. The number of hydrogen-bond acceptors (Lipinski definition) is 3. The number of thiophene rings is 1. The monoisotopic (exact) mass is 295 g/mol. The molecule has 1 aromatic heterocycles. The molecule has 2 nitrogen and oxygen atoms in total. The van der Waals surface area contributed by atoms with E-state index in [1.54, 1.807) is 18.4 Å². The van der Waals surface area contributed by atoms with E-state index in [4.69, 9.17) is 4.74 Å². The van der Waals surface area contributed by atoms with Gasteiger partial charge < -0.3 is 10.1 Å². The molecule has 0 unspecified atom stereocenters. The van der Waals surface area contributed by atoms with Gasteiger partial charge >= 0.3 is 0 Å². The number of para-hydroxylation sites is 1. The fraction of sp³-hybridized carbons (Fsp3) is 0.111. The Morgan fingerprint density at radius 1 is 0.952 bits per heavy atom. The van der Waals surface area contributed by atoms with Gasteiger partial charge in [0.1, 0.15) is 5.75 Å². The summed E-state index contributed by atoms with van der Waals surface area (Å²) in [5, 5.41) is 5.63. The maximum atomic E-state index is 5.18. The largest absolute Gasteiger partial charge is 0.497 e. The van der Waals surface area contributed by atoms with E-state index in [0.717, 1.165) is 18.0 Å². The molecule has 0 aliphatic carbocycles. The Bertz CT molecular complexity index is 690. The minimum atomic E-state index is 0.798. The van der Waals surface area contributed by atoms with Crippen LogP contribution in [0.15, 0.2) is 66.0 Å². The van der Waals surface area contributed by atoms with Crippen LogP contribution in [0.3, 0.4) is 0 Å². The van der Waals surface area contributed by atoms with Crippen molar-refractivity contribution in [2.24, 2.45) is 0 Å². The third kappa shape index (κ3) is 3.26. The Morgan fingerprint density at radius 2 is 1.76 bits per heavy atom. The molecule has 1 heterocycles. The maximum Gasteiger partial charge on any atom is 0.118 e. The van der Waals surface area contributed by atoms with Gasteiger partial charge in [-0.25, -0.2) is 0 Å². The highest BCUT2D eigenvalue weighted by Gasteiger charge is 2.05. The molecule has 1 N–H and O–H groups in total. The van der Waals surface area contributed by atoms with E-state index >= 15 is 0 Å². The van der Waals surface area contributed by atoms with E-state index in [1.807, 2.05) is 12.1 Å². The quantitative estimate of drug-likeness (QED) is 0.712. The molecule has 3 aromatic rings. The van der Waals surface area contributed by atoms with Gasteiger partial charge in [-0.2, -0.15) is 0 Å². The van der Waals surface area contributed by atoms with E-state index in [9.17, 15) is 0 Å². The fourth-order valence-electron chi connectivity index (χ4n) is 2.22. The van der Waals surface area contributed by atoms with Crippen LogP contribution in [0.25, 0.3) is 10.4 Å². The van der Waals surface area contributed by atoms with Crippen molar-refractivity contribution in [3.05, 3.63) is 71.6 Å². The minimum absolute atomic E-state index is 0.798. The first-order valence-electron chi connectivity index (χ1n) is 6.86. The van der Waals surface area contributed by atoms with Crippen molar-refractivity contribution in [2.75, 3.05) is 12.4 Å². The zero-order chi connectivity index (χ0) is 14.5. The molecular formula is C18H17NOS. The molecule has 0 aliphatic rings. The van der Waals surface area contributed by atoms with Crippen LogP contribution in [0.2, 0.25) is 0 Å². The summed E-state index contributed by atoms with van der Waals surface area (Å²) >= 11 is 1.76. The lowest BCUT2D eigenvalue weighted by atomic mass is 10.1. The maximum absolute atomic E-state index is 5.18. The Morgan fingerprint density at radius 3 is 2.48 bits per heavy atom. The van der Waals surface area contributed by atoms with E-state index in [1.165, 1.54) is 16.0 Å². The second-order valence-corrected chi connectivity index (χ2v) is 5.67. The second kappa shape index (κ2) is 6.46. The predicted octanol–water partition coefficient (Wildman–Crippen LogP) is 5.04. The Kier molecular flexibility index (Phi) is 4.22. The molecule has 2 aromatic carbocycles. The molecule has 106 valence electrons. The summed E-state index contributed by atoms with van der Waals surface area (Å²) in [6.07, 6.45) is 0. The predicted molar refractivity (Wildman–Crippen MR) is 90.1 cm³/mol. The molecule has 0 fully saturated rings. The normalized spacial score (nSPS) is 10.3. The molecule has 3 heteroatoms. The first-order valence-corrected chi connectivity index (χ1v) is 7.74. The van der Waals surface area contributed by atoms with E-state index in [-0.39, 0.29) is 0 Å². The lowest BCUT2D eigenvalue weighted by Crippen LogP contribution is -2.00. The topological polar surface area (TPSA) is 21.3 Å². The van der Waals surface area contributed by atoms with Crippen LogP contribution in [0.4, 0.5) is 5.69 Å². The van der Waals surface area contributed by atoms with Crippen LogP contribution >= 0.6 is 11.3 Å². The van der Waals surface area contributed by atoms with Gasteiger partial charge in [0.05, 0.1) is 7.11 Å². The molecule has 0 aliphatic heterocycles. The molecule has 0 amide bonds. The van der Waals surface area contributed by atoms with Gasteiger partial charge in [-0.05, 0) is 35.2 Å². The van der Waals surface area contributed by atoms with E-state index in [0.29, 0.717) is 0 Å². The fourth-order valence-corrected chi connectivity index (χ4v) is 2.99. The van der Waals surface area contributed by atoms with E-state index in [2.05, 4.69) is 59.2 Å². The summed E-state index contributed by atoms with van der Waals surface area (Å²) in [5.41, 5.74) is 3.65. The number of rotatable bonds is 5. The highest BCUT2D eigenvalue weighted by Crippen LogP contribution is 2.31. The zero-order valence-corrected chi connectivity index (χ0v) is 12.7. The molecule has 3 rings (SSSR count). The van der Waals surface area contributed by atoms with Crippen molar-refractivity contribution in [1.29, 1.82) is 0 Å². The molecule has 0 bridgehead atoms. The molecular weight excluding hydrogens is 278 g/mol. The first kappa shape index (κ1) is 13.7. The van der Waals surface area contributed by atoms with Gasteiger partial charge in [-0.15, -0.1) is 11.3 Å². The third-order valence-electron chi connectivity index (χ3n) is 3.36. The number of ether oxygens (including phenoxy) is 1. The average molecular weight is 295 g/mol. The van der Waals surface area contributed by atoms with Crippen LogP contribution in [0, 0.1) is 0 Å². The number of benzene rings is 2. The van der Waals surface area contributed by atoms with Crippen LogP contribution in [-0.2, 0) is 6.54 Å². The summed E-state index contributed by atoms with van der Waals surface area (Å²) in [6.45, 7) is 0.798. The third-order valence-corrected chi connectivity index (χ3v) is 4.26. The van der Waals surface area contributed by atoms with E-state index < -0.39 is 0 Å². The van der Waals surface area contributed by atoms with Crippen LogP contribution in [0.1, 0.15) is 5.56 Å². The average Bonchev–Trinajstić information content (AvgIpc) is 3.08. The van der Waals surface area contributed by atoms with Crippen molar-refractivity contribution >= 4 is 17.0 Å². The number of hydrogen-bond donors (Lipinski definition) is 1. The van der Waals surface area contributed by atoms with Crippen molar-refractivity contribution < 1.29 is 4.74 Å². The molecule has 0 radical (unpaired) electrons. The number of anilines is 1. The smallest absolute Gasteiger partial charge is 0.118 e. The Balaban J connectivity index is 1.76. The van der Waals surface area contributed by atoms with Crippen LogP contribution < -0.4 is 10.1 Å². The molecule has 0 spiro atoms. The van der Waals surface area contributed by atoms with Gasteiger partial charge in [-0.3, -0.25) is 0 Å². The minimum Gasteiger partial charge on any atom is -0.497 e. The van der Waals surface area contributed by atoms with Crippen molar-refractivity contribution in [3.8, 4) is 16.2 Å². The summed E-state index contributed by atoms with van der Waals surface area (Å²) in [4.78, 5) is 1.29. The van der Waals surface area contributed by atoms with Crippen LogP contribution in [0.5, 0.6) is 5.75 Å². The van der Waals surface area contributed by atoms with Crippen molar-refractivity contribution in [1.82, 2.24) is 0 Å². The summed E-state index contributed by atoms with van der Waals surface area (Å²) in [5.74, 6) is 0.887. The standard InChI is InChI=1S/C18H17NOS/c1-20-15-10-8-14(9-11-15)13-19-17-6-3-2-5-16(17)18-7-4-12-21-18/h2-12,19H,13H2,1H3. The van der Waals surface area contributed by atoms with Crippen molar-refractivity contribution in [3.63, 3.8) is 0 Å². The summed E-state index contributed by atoms with van der Waals surface area (Å²) in [6, 6.07) is 20.8. The SMILES string of the molecule is COc1ccc(CNc2ccccc2-c2cccs2)cc1. The van der Waals surface area contributed by atoms with Gasteiger partial charge in [0.2, 0.25) is 0 Å². The van der Waals surface area contributed by atoms with Crippen molar-refractivity contribution in [2.45, 2.75) is 6.54 Å². The summed E-state index contributed by atoms with van der Waals surface area (Å²) in [7, 11) is 1.69. The number of nitrogens with one attached hydrogen (secondary N) is 1. The zero-order valence-electron chi connectivity index (χ0n) is 11.9. The molecule has 21 heavy (non-hydrogen) atoms. The molecule has 0 saturated carbocycles. The second-order valence-electron chi connectivity index (χ2n) is 4.72. The first-order chi connectivity index (χ1) is 10.4. The highest BCUT2D eigenvalue weighted by molar-refractivity contribution is 7.13. The van der Waals surface area contributed by atoms with Gasteiger partial charge in [-0.1, -0.05) is 36.4 Å². The Labute approximate surface area is 129 Å². The van der Waals surface area contributed by atoms with Gasteiger partial charge in [0, 0.05) is 22.7 Å². The van der Waals surface area contributed by atoms with Gasteiger partial charge in [0.15, 0.2) is 0 Å². The van der Waals surface area contributed by atoms with Crippen LogP contribution in [-0.4, -0.2) is 7.11 Å². The highest BCUT2D eigenvalue weighted by atomic mass is 32.1.